The van der Waals surface area contributed by atoms with Crippen LogP contribution in [0.25, 0.3) is 0 Å². The number of rotatable bonds is 2. The molecule has 0 aromatic heterocycles. The van der Waals surface area contributed by atoms with E-state index in [1.54, 1.807) is 6.07 Å². The molecule has 1 aromatic rings. The number of hydrogen-bond donors (Lipinski definition) is 1. The molecule has 1 unspecified atom stereocenters. The van der Waals surface area contributed by atoms with Crippen LogP contribution in [0.3, 0.4) is 0 Å². The number of halogens is 2. The van der Waals surface area contributed by atoms with Gasteiger partial charge in [-0.15, -0.1) is 0 Å². The number of benzene rings is 1. The minimum absolute atomic E-state index is 0.0190. The maximum Gasteiger partial charge on any atom is 0.309 e. The Morgan fingerprint density at radius 3 is 2.64 bits per heavy atom. The molecule has 0 aliphatic heterocycles. The first kappa shape index (κ1) is 16.1. The first-order chi connectivity index (χ1) is 10.4. The van der Waals surface area contributed by atoms with Crippen molar-refractivity contribution in [3.63, 3.8) is 0 Å². The summed E-state index contributed by atoms with van der Waals surface area (Å²) in [6, 6.07) is 5.53. The third-order valence-electron chi connectivity index (χ3n) is 5.59. The Kier molecular flexibility index (Phi) is 4.41. The predicted molar refractivity (Wildman–Crippen MR) is 86.1 cm³/mol. The van der Waals surface area contributed by atoms with Crippen molar-refractivity contribution < 1.29 is 14.6 Å². The lowest BCUT2D eigenvalue weighted by molar-refractivity contribution is -0.152. The highest BCUT2D eigenvalue weighted by atomic mass is 35.5. The van der Waals surface area contributed by atoms with E-state index in [2.05, 4.69) is 6.92 Å². The van der Waals surface area contributed by atoms with E-state index in [9.17, 15) is 9.90 Å². The largest absolute Gasteiger partial charge is 0.469 e. The van der Waals surface area contributed by atoms with Crippen molar-refractivity contribution >= 4 is 29.2 Å². The third-order valence-corrected chi connectivity index (χ3v) is 6.33. The van der Waals surface area contributed by atoms with Crippen LogP contribution in [0.4, 0.5) is 0 Å². The average molecular weight is 343 g/mol. The molecular formula is C17H20Cl2O3. The smallest absolute Gasteiger partial charge is 0.309 e. The van der Waals surface area contributed by atoms with Crippen LogP contribution >= 0.6 is 23.2 Å². The highest BCUT2D eigenvalue weighted by Gasteiger charge is 2.54. The molecule has 0 radical (unpaired) electrons. The Hall–Kier alpha value is -0.770. The number of hydrogen-bond acceptors (Lipinski definition) is 3. The molecule has 5 heteroatoms. The maximum atomic E-state index is 12.4. The van der Waals surface area contributed by atoms with E-state index in [1.165, 1.54) is 7.11 Å². The Bertz CT molecular complexity index is 589. The van der Waals surface area contributed by atoms with Crippen LogP contribution in [0.1, 0.15) is 31.2 Å². The topological polar surface area (TPSA) is 46.5 Å². The lowest BCUT2D eigenvalue weighted by atomic mass is 9.64. The fourth-order valence-corrected chi connectivity index (χ4v) is 4.82. The fourth-order valence-electron chi connectivity index (χ4n) is 4.51. The van der Waals surface area contributed by atoms with Crippen LogP contribution in [0.15, 0.2) is 18.2 Å². The van der Waals surface area contributed by atoms with Gasteiger partial charge in [0.15, 0.2) is 0 Å². The molecule has 3 nitrogen and oxygen atoms in total. The molecule has 120 valence electrons. The molecule has 2 aliphatic rings. The number of esters is 1. The number of carbonyl (C=O) groups is 1. The van der Waals surface area contributed by atoms with Gasteiger partial charge in [-0.2, -0.15) is 0 Å². The second kappa shape index (κ2) is 6.03. The highest BCUT2D eigenvalue weighted by molar-refractivity contribution is 6.42. The molecule has 2 aliphatic carbocycles. The lowest BCUT2D eigenvalue weighted by Crippen LogP contribution is -2.40. The zero-order chi connectivity index (χ0) is 16.0. The van der Waals surface area contributed by atoms with Gasteiger partial charge >= 0.3 is 5.97 Å². The molecule has 6 atom stereocenters. The minimum atomic E-state index is -0.433. The van der Waals surface area contributed by atoms with Gasteiger partial charge in [0, 0.05) is 5.92 Å². The summed E-state index contributed by atoms with van der Waals surface area (Å²) in [7, 11) is 1.41. The molecule has 0 spiro atoms. The van der Waals surface area contributed by atoms with Gasteiger partial charge in [-0.3, -0.25) is 4.79 Å². The number of aliphatic hydroxyl groups is 1. The molecule has 3 rings (SSSR count). The van der Waals surface area contributed by atoms with Crippen LogP contribution in [0, 0.1) is 23.7 Å². The van der Waals surface area contributed by atoms with Crippen molar-refractivity contribution in [1.29, 1.82) is 0 Å². The van der Waals surface area contributed by atoms with Crippen LogP contribution in [0.2, 0.25) is 10.0 Å². The van der Waals surface area contributed by atoms with Crippen LogP contribution in [-0.2, 0) is 9.53 Å². The number of ether oxygens (including phenoxy) is 1. The summed E-state index contributed by atoms with van der Waals surface area (Å²) in [6.45, 7) is 2.13. The zero-order valence-electron chi connectivity index (χ0n) is 12.6. The van der Waals surface area contributed by atoms with E-state index < -0.39 is 6.10 Å². The van der Waals surface area contributed by atoms with Crippen molar-refractivity contribution in [3.8, 4) is 0 Å². The van der Waals surface area contributed by atoms with E-state index >= 15 is 0 Å². The molecule has 0 amide bonds. The van der Waals surface area contributed by atoms with Crippen molar-refractivity contribution in [3.05, 3.63) is 33.8 Å². The highest BCUT2D eigenvalue weighted by Crippen LogP contribution is 2.55. The molecule has 0 saturated heterocycles. The summed E-state index contributed by atoms with van der Waals surface area (Å²) >= 11 is 12.1. The van der Waals surface area contributed by atoms with Crippen LogP contribution in [0.5, 0.6) is 0 Å². The van der Waals surface area contributed by atoms with Gasteiger partial charge in [0.1, 0.15) is 0 Å². The van der Waals surface area contributed by atoms with Gasteiger partial charge in [0.2, 0.25) is 0 Å². The number of aliphatic hydroxyl groups excluding tert-OH is 1. The second-order valence-corrected chi connectivity index (χ2v) is 7.38. The summed E-state index contributed by atoms with van der Waals surface area (Å²) < 4.78 is 5.03. The normalized spacial score (nSPS) is 37.1. The first-order valence-corrected chi connectivity index (χ1v) is 8.40. The van der Waals surface area contributed by atoms with E-state index in [1.807, 2.05) is 12.1 Å². The second-order valence-electron chi connectivity index (χ2n) is 6.56. The van der Waals surface area contributed by atoms with E-state index in [4.69, 9.17) is 27.9 Å². The van der Waals surface area contributed by atoms with Crippen LogP contribution < -0.4 is 0 Å². The summed E-state index contributed by atoms with van der Waals surface area (Å²) in [5.41, 5.74) is 1.00. The number of methoxy groups -OCH3 is 1. The summed E-state index contributed by atoms with van der Waals surface area (Å²) in [5.74, 6) is 0.160. The minimum Gasteiger partial charge on any atom is -0.469 e. The molecule has 2 bridgehead atoms. The van der Waals surface area contributed by atoms with Crippen LogP contribution in [-0.4, -0.2) is 24.3 Å². The quantitative estimate of drug-likeness (QED) is 0.829. The Labute approximate surface area is 140 Å². The lowest BCUT2D eigenvalue weighted by Gasteiger charge is -2.39. The van der Waals surface area contributed by atoms with Gasteiger partial charge in [-0.1, -0.05) is 36.2 Å². The van der Waals surface area contributed by atoms with Gasteiger partial charge in [0.25, 0.3) is 0 Å². The molecular weight excluding hydrogens is 323 g/mol. The molecule has 0 heterocycles. The van der Waals surface area contributed by atoms with Crippen molar-refractivity contribution in [2.75, 3.05) is 7.11 Å². The zero-order valence-corrected chi connectivity index (χ0v) is 14.1. The Morgan fingerprint density at radius 1 is 1.27 bits per heavy atom. The number of fused-ring (bicyclic) bond motifs is 2. The average Bonchev–Trinajstić information content (AvgIpc) is 2.68. The maximum absolute atomic E-state index is 12.4. The monoisotopic (exact) mass is 342 g/mol. The van der Waals surface area contributed by atoms with Gasteiger partial charge in [-0.05, 0) is 48.3 Å². The SMILES string of the molecule is COC(=O)[C@@H]1[C@@H]2C(C)[C@@H](C[C@H]2O)C[C@@H]1c1ccc(Cl)c(Cl)c1. The molecule has 2 fully saturated rings. The summed E-state index contributed by atoms with van der Waals surface area (Å²) in [6.07, 6.45) is 1.20. The first-order valence-electron chi connectivity index (χ1n) is 7.65. The Balaban J connectivity index is 2.01. The van der Waals surface area contributed by atoms with E-state index in [-0.39, 0.29) is 23.7 Å². The predicted octanol–water partition coefficient (Wildman–Crippen LogP) is 3.90. The van der Waals surface area contributed by atoms with E-state index in [0.29, 0.717) is 21.9 Å². The molecule has 1 aromatic carbocycles. The van der Waals surface area contributed by atoms with Gasteiger partial charge in [0.05, 0.1) is 29.2 Å². The third kappa shape index (κ3) is 2.53. The fraction of sp³-hybridized carbons (Fsp3) is 0.588. The summed E-state index contributed by atoms with van der Waals surface area (Å²) in [4.78, 5) is 12.4. The van der Waals surface area contributed by atoms with E-state index in [0.717, 1.165) is 18.4 Å². The Morgan fingerprint density at radius 2 is 2.00 bits per heavy atom. The molecule has 22 heavy (non-hydrogen) atoms. The van der Waals surface area contributed by atoms with Gasteiger partial charge < -0.3 is 9.84 Å². The van der Waals surface area contributed by atoms with Crippen molar-refractivity contribution in [2.45, 2.75) is 31.8 Å². The summed E-state index contributed by atoms with van der Waals surface area (Å²) in [5, 5.41) is 11.4. The molecule has 2 saturated carbocycles. The number of carbonyl (C=O) groups excluding carboxylic acids is 1. The molecule has 1 N–H and O–H groups in total. The standard InChI is InChI=1S/C17H20Cl2O3/c1-8-10-5-11(9-3-4-12(18)13(19)6-9)16(17(21)22-2)15(8)14(20)7-10/h3-4,6,8,10-11,14-16,20H,5,7H2,1-2H3/t8?,10-,11-,14-,15-,16+/m1/s1. The van der Waals surface area contributed by atoms with Crippen molar-refractivity contribution in [1.82, 2.24) is 0 Å². The van der Waals surface area contributed by atoms with Gasteiger partial charge in [-0.25, -0.2) is 0 Å². The van der Waals surface area contributed by atoms with Crippen molar-refractivity contribution in [2.24, 2.45) is 23.7 Å².